The predicted octanol–water partition coefficient (Wildman–Crippen LogP) is 7.55. The van der Waals surface area contributed by atoms with Crippen LogP contribution in [0.5, 0.6) is 0 Å². The molecule has 4 saturated carbocycles. The van der Waals surface area contributed by atoms with Crippen LogP contribution in [-0.4, -0.2) is 24.3 Å². The summed E-state index contributed by atoms with van der Waals surface area (Å²) >= 11 is 0. The van der Waals surface area contributed by atoms with Crippen LogP contribution in [0.25, 0.3) is 0 Å². The molecule has 0 aromatic rings. The third-order valence-corrected chi connectivity index (χ3v) is 11.5. The minimum atomic E-state index is -0.00374. The maximum Gasteiger partial charge on any atom is 0.305 e. The first-order valence-corrected chi connectivity index (χ1v) is 14.7. The molecule has 3 nitrogen and oxygen atoms in total. The number of unbranched alkanes of at least 4 members (excludes halogenated alkanes) is 3. The fourth-order valence-electron chi connectivity index (χ4n) is 9.64. The van der Waals surface area contributed by atoms with Crippen LogP contribution in [0, 0.1) is 46.3 Å². The van der Waals surface area contributed by atoms with E-state index < -0.39 is 0 Å². The van der Waals surface area contributed by atoms with Gasteiger partial charge in [0.25, 0.3) is 0 Å². The van der Waals surface area contributed by atoms with E-state index >= 15 is 0 Å². The van der Waals surface area contributed by atoms with Crippen LogP contribution < -0.4 is 0 Å². The van der Waals surface area contributed by atoms with Crippen LogP contribution in [-0.2, 0) is 9.53 Å². The number of aliphatic hydroxyl groups is 1. The first-order valence-electron chi connectivity index (χ1n) is 14.7. The second kappa shape index (κ2) is 11.0. The summed E-state index contributed by atoms with van der Waals surface area (Å²) in [7, 11) is 0. The quantitative estimate of drug-likeness (QED) is 0.270. The number of hydrogen-bond donors (Lipinski definition) is 1. The molecular weight excluding hydrogens is 408 g/mol. The first-order chi connectivity index (χ1) is 15.9. The monoisotopic (exact) mass is 460 g/mol. The van der Waals surface area contributed by atoms with Crippen LogP contribution in [0.15, 0.2) is 0 Å². The van der Waals surface area contributed by atoms with Gasteiger partial charge in [0.05, 0.1) is 6.61 Å². The highest BCUT2D eigenvalue weighted by atomic mass is 16.5. The van der Waals surface area contributed by atoms with Crippen LogP contribution >= 0.6 is 0 Å². The highest BCUT2D eigenvalue weighted by Crippen LogP contribution is 2.68. The minimum absolute atomic E-state index is 0.00374. The van der Waals surface area contributed by atoms with Crippen molar-refractivity contribution in [3.05, 3.63) is 0 Å². The fourth-order valence-corrected chi connectivity index (χ4v) is 9.64. The largest absolute Gasteiger partial charge is 0.466 e. The summed E-state index contributed by atoms with van der Waals surface area (Å²) in [5.41, 5.74) is 1.13. The Balaban J connectivity index is 1.27. The Morgan fingerprint density at radius 1 is 0.909 bits per heavy atom. The molecule has 0 amide bonds. The number of ether oxygens (including phenoxy) is 1. The standard InChI is InChI=1S/C30H52O3/c1-22(11-16-28(32)33-21-9-5-4-8-20-31)25-14-15-26-24-13-12-23-10-6-7-18-29(23,2)27(24)17-19-30(25,26)3/h22-27,31H,4-21H2,1-3H3/t22-,23?,24+,25-,26+,27+,29+,30-/m1/s1. The van der Waals surface area contributed by atoms with Crippen molar-refractivity contribution in [3.8, 4) is 0 Å². The summed E-state index contributed by atoms with van der Waals surface area (Å²) in [6, 6.07) is 0. The van der Waals surface area contributed by atoms with Gasteiger partial charge in [-0.15, -0.1) is 0 Å². The molecule has 3 heteroatoms. The fraction of sp³-hybridized carbons (Fsp3) is 0.967. The van der Waals surface area contributed by atoms with Gasteiger partial charge in [0, 0.05) is 13.0 Å². The van der Waals surface area contributed by atoms with E-state index in [4.69, 9.17) is 9.84 Å². The molecule has 0 radical (unpaired) electrons. The lowest BCUT2D eigenvalue weighted by atomic mass is 9.44. The Morgan fingerprint density at radius 3 is 2.52 bits per heavy atom. The summed E-state index contributed by atoms with van der Waals surface area (Å²) in [6.07, 6.45) is 20.0. The van der Waals surface area contributed by atoms with Crippen molar-refractivity contribution < 1.29 is 14.6 Å². The topological polar surface area (TPSA) is 46.5 Å². The lowest BCUT2D eigenvalue weighted by Gasteiger charge is -2.61. The highest BCUT2D eigenvalue weighted by molar-refractivity contribution is 5.69. The Kier molecular flexibility index (Phi) is 8.51. The van der Waals surface area contributed by atoms with Gasteiger partial charge in [-0.2, -0.15) is 0 Å². The van der Waals surface area contributed by atoms with E-state index in [9.17, 15) is 4.79 Å². The second-order valence-electron chi connectivity index (χ2n) is 13.0. The van der Waals surface area contributed by atoms with Gasteiger partial charge in [-0.3, -0.25) is 4.79 Å². The summed E-state index contributed by atoms with van der Waals surface area (Å²) in [4.78, 5) is 12.3. The average molecular weight is 461 g/mol. The second-order valence-corrected chi connectivity index (χ2v) is 13.0. The molecule has 33 heavy (non-hydrogen) atoms. The van der Waals surface area contributed by atoms with Crippen molar-refractivity contribution in [3.63, 3.8) is 0 Å². The lowest BCUT2D eigenvalue weighted by Crippen LogP contribution is -2.53. The van der Waals surface area contributed by atoms with Gasteiger partial charge < -0.3 is 9.84 Å². The zero-order valence-corrected chi connectivity index (χ0v) is 22.0. The molecule has 0 aromatic carbocycles. The molecule has 0 heterocycles. The van der Waals surface area contributed by atoms with Gasteiger partial charge in [-0.1, -0.05) is 40.0 Å². The molecule has 0 spiro atoms. The van der Waals surface area contributed by atoms with Crippen molar-refractivity contribution in [1.29, 1.82) is 0 Å². The smallest absolute Gasteiger partial charge is 0.305 e. The molecule has 0 bridgehead atoms. The third-order valence-electron chi connectivity index (χ3n) is 11.5. The zero-order chi connectivity index (χ0) is 23.5. The van der Waals surface area contributed by atoms with E-state index in [2.05, 4.69) is 20.8 Å². The number of rotatable bonds is 10. The van der Waals surface area contributed by atoms with Crippen LogP contribution in [0.4, 0.5) is 0 Å². The first kappa shape index (κ1) is 25.5. The van der Waals surface area contributed by atoms with Crippen molar-refractivity contribution in [2.75, 3.05) is 13.2 Å². The van der Waals surface area contributed by atoms with Crippen LogP contribution in [0.1, 0.15) is 124 Å². The van der Waals surface area contributed by atoms with Gasteiger partial charge in [0.2, 0.25) is 0 Å². The SMILES string of the molecule is C[C@H](CCC(=O)OCCCCCCO)[C@H]1CC[C@H]2[C@@H]3CCC4CCCC[C@]4(C)[C@H]3CC[C@]12C. The van der Waals surface area contributed by atoms with Crippen LogP contribution in [0.3, 0.4) is 0 Å². The number of carbonyl (C=O) groups is 1. The Hall–Kier alpha value is -0.570. The van der Waals surface area contributed by atoms with Gasteiger partial charge in [-0.25, -0.2) is 0 Å². The molecule has 190 valence electrons. The molecule has 4 aliphatic carbocycles. The highest BCUT2D eigenvalue weighted by Gasteiger charge is 2.60. The zero-order valence-electron chi connectivity index (χ0n) is 22.0. The molecule has 8 atom stereocenters. The maximum atomic E-state index is 12.3. The van der Waals surface area contributed by atoms with Gasteiger partial charge in [-0.05, 0) is 123 Å². The Labute approximate surface area is 203 Å². The van der Waals surface area contributed by atoms with E-state index in [-0.39, 0.29) is 12.6 Å². The summed E-state index contributed by atoms with van der Waals surface area (Å²) in [5, 5.41) is 8.84. The summed E-state index contributed by atoms with van der Waals surface area (Å²) in [5.74, 6) is 5.29. The summed E-state index contributed by atoms with van der Waals surface area (Å²) in [6.45, 7) is 8.56. The number of aliphatic hydroxyl groups excluding tert-OH is 1. The molecule has 0 aromatic heterocycles. The number of hydrogen-bond acceptors (Lipinski definition) is 3. The molecule has 1 unspecified atom stereocenters. The number of carbonyl (C=O) groups excluding carboxylic acids is 1. The van der Waals surface area contributed by atoms with Crippen molar-refractivity contribution >= 4 is 5.97 Å². The van der Waals surface area contributed by atoms with E-state index in [1.807, 2.05) is 0 Å². The third kappa shape index (κ3) is 5.19. The van der Waals surface area contributed by atoms with Gasteiger partial charge in [0.15, 0.2) is 0 Å². The van der Waals surface area contributed by atoms with Gasteiger partial charge >= 0.3 is 5.97 Å². The minimum Gasteiger partial charge on any atom is -0.466 e. The molecular formula is C30H52O3. The average Bonchev–Trinajstić information content (AvgIpc) is 3.16. The van der Waals surface area contributed by atoms with Crippen molar-refractivity contribution in [2.24, 2.45) is 46.3 Å². The molecule has 0 saturated heterocycles. The van der Waals surface area contributed by atoms with Crippen molar-refractivity contribution in [2.45, 2.75) is 124 Å². The van der Waals surface area contributed by atoms with Crippen molar-refractivity contribution in [1.82, 2.24) is 0 Å². The van der Waals surface area contributed by atoms with Crippen LogP contribution in [0.2, 0.25) is 0 Å². The molecule has 4 aliphatic rings. The van der Waals surface area contributed by atoms with E-state index in [1.54, 1.807) is 0 Å². The molecule has 0 aliphatic heterocycles. The molecule has 4 fully saturated rings. The molecule has 4 rings (SSSR count). The Morgan fingerprint density at radius 2 is 1.70 bits per heavy atom. The Bertz CT molecular complexity index is 646. The number of fused-ring (bicyclic) bond motifs is 5. The van der Waals surface area contributed by atoms with E-state index in [0.717, 1.165) is 61.7 Å². The normalized spacial score (nSPS) is 41.0. The maximum absolute atomic E-state index is 12.3. The number of esters is 1. The molecule has 1 N–H and O–H groups in total. The predicted molar refractivity (Wildman–Crippen MR) is 135 cm³/mol. The lowest BCUT2D eigenvalue weighted by molar-refractivity contribution is -0.144. The summed E-state index contributed by atoms with van der Waals surface area (Å²) < 4.78 is 5.50. The van der Waals surface area contributed by atoms with Gasteiger partial charge in [0.1, 0.15) is 0 Å². The van der Waals surface area contributed by atoms with E-state index in [1.165, 1.54) is 64.2 Å². The van der Waals surface area contributed by atoms with E-state index in [0.29, 0.717) is 29.8 Å².